The molecule has 0 fully saturated rings. The van der Waals surface area contributed by atoms with E-state index < -0.39 is 17.9 Å². The molecule has 2 rings (SSSR count). The van der Waals surface area contributed by atoms with Gasteiger partial charge in [0, 0.05) is 12.2 Å². The fraction of sp³-hybridized carbons (Fsp3) is 0.389. The van der Waals surface area contributed by atoms with Gasteiger partial charge in [-0.25, -0.2) is 4.79 Å². The molecule has 1 aromatic carbocycles. The van der Waals surface area contributed by atoms with Crippen LogP contribution >= 0.6 is 0 Å². The van der Waals surface area contributed by atoms with Gasteiger partial charge >= 0.3 is 5.97 Å². The number of aliphatic carboxylic acids is 1. The molecule has 1 atom stereocenters. The van der Waals surface area contributed by atoms with Gasteiger partial charge in [-0.05, 0) is 30.5 Å². The summed E-state index contributed by atoms with van der Waals surface area (Å²) in [6.45, 7) is 6.61. The molecule has 0 radical (unpaired) electrons. The quantitative estimate of drug-likeness (QED) is 0.804. The monoisotopic (exact) mass is 345 g/mol. The number of nitrogens with one attached hydrogen (secondary N) is 1. The fourth-order valence-corrected chi connectivity index (χ4v) is 2.49. The zero-order chi connectivity index (χ0) is 18.6. The lowest BCUT2D eigenvalue weighted by Crippen LogP contribution is -2.34. The van der Waals surface area contributed by atoms with Gasteiger partial charge in [0.2, 0.25) is 0 Å². The van der Waals surface area contributed by atoms with Gasteiger partial charge in [0.1, 0.15) is 5.75 Å². The maximum Gasteiger partial charge on any atom is 0.330 e. The number of carbonyl (C=O) groups excluding carboxylic acids is 1. The number of carboxylic acid groups (broad SMARTS) is 1. The van der Waals surface area contributed by atoms with Gasteiger partial charge in [-0.15, -0.1) is 0 Å². The Morgan fingerprint density at radius 3 is 2.44 bits per heavy atom. The van der Waals surface area contributed by atoms with Crippen LogP contribution in [0, 0.1) is 12.8 Å². The molecular weight excluding hydrogens is 322 g/mol. The van der Waals surface area contributed by atoms with E-state index >= 15 is 0 Å². The van der Waals surface area contributed by atoms with Crippen LogP contribution in [-0.2, 0) is 11.3 Å². The highest BCUT2D eigenvalue weighted by Crippen LogP contribution is 2.19. The number of hydrogen-bond acceptors (Lipinski definition) is 4. The van der Waals surface area contributed by atoms with Crippen LogP contribution in [-0.4, -0.2) is 33.9 Å². The highest BCUT2D eigenvalue weighted by Gasteiger charge is 2.24. The topological polar surface area (TPSA) is 93.5 Å². The van der Waals surface area contributed by atoms with Gasteiger partial charge in [0.25, 0.3) is 5.91 Å². The lowest BCUT2D eigenvalue weighted by Gasteiger charge is -2.15. The molecule has 0 aliphatic rings. The number of carbonyl (C=O) groups is 2. The third-order valence-electron chi connectivity index (χ3n) is 3.86. The molecule has 0 bridgehead atoms. The van der Waals surface area contributed by atoms with Crippen LogP contribution < -0.4 is 10.1 Å². The van der Waals surface area contributed by atoms with Crippen molar-refractivity contribution in [3.63, 3.8) is 0 Å². The summed E-state index contributed by atoms with van der Waals surface area (Å²) in [6, 6.07) is 5.40. The highest BCUT2D eigenvalue weighted by atomic mass is 16.5. The Balaban J connectivity index is 2.20. The predicted octanol–water partition coefficient (Wildman–Crippen LogP) is 2.41. The van der Waals surface area contributed by atoms with E-state index in [2.05, 4.69) is 24.3 Å². The van der Waals surface area contributed by atoms with Gasteiger partial charge in [-0.3, -0.25) is 9.48 Å². The second-order valence-corrected chi connectivity index (χ2v) is 6.24. The van der Waals surface area contributed by atoms with Gasteiger partial charge in [0.05, 0.1) is 18.9 Å². The average molecular weight is 345 g/mol. The van der Waals surface area contributed by atoms with Crippen molar-refractivity contribution in [3.8, 4) is 5.75 Å². The molecule has 1 aromatic heterocycles. The molecule has 7 nitrogen and oxygen atoms in total. The Labute approximate surface area is 146 Å². The largest absolute Gasteiger partial charge is 0.497 e. The number of hydrogen-bond donors (Lipinski definition) is 2. The van der Waals surface area contributed by atoms with Crippen molar-refractivity contribution in [2.24, 2.45) is 5.92 Å². The maximum atomic E-state index is 12.5. The van der Waals surface area contributed by atoms with Crippen molar-refractivity contribution in [1.29, 1.82) is 0 Å². The standard InChI is InChI=1S/C18H23N3O4/c1-11(2)10-21-12(3)15(9-19-21)17(22)20-16(18(23)24)13-5-7-14(25-4)8-6-13/h5-9,11,16H,10H2,1-4H3,(H,20,22)(H,23,24). The van der Waals surface area contributed by atoms with Gasteiger partial charge < -0.3 is 15.2 Å². The van der Waals surface area contributed by atoms with Crippen LogP contribution in [0.2, 0.25) is 0 Å². The van der Waals surface area contributed by atoms with Crippen molar-refractivity contribution in [2.45, 2.75) is 33.4 Å². The fourth-order valence-electron chi connectivity index (χ4n) is 2.49. The number of ether oxygens (including phenoxy) is 1. The minimum atomic E-state index is -1.15. The van der Waals surface area contributed by atoms with E-state index in [4.69, 9.17) is 4.74 Å². The van der Waals surface area contributed by atoms with Gasteiger partial charge in [-0.2, -0.15) is 5.10 Å². The maximum absolute atomic E-state index is 12.5. The Bertz CT molecular complexity index is 750. The smallest absolute Gasteiger partial charge is 0.330 e. The van der Waals surface area contributed by atoms with Crippen LogP contribution in [0.15, 0.2) is 30.5 Å². The summed E-state index contributed by atoms with van der Waals surface area (Å²) < 4.78 is 6.82. The molecule has 1 heterocycles. The Kier molecular flexibility index (Phi) is 5.80. The minimum absolute atomic E-state index is 0.375. The van der Waals surface area contributed by atoms with E-state index in [0.717, 1.165) is 0 Å². The van der Waals surface area contributed by atoms with Crippen LogP contribution in [0.3, 0.4) is 0 Å². The molecule has 1 amide bonds. The zero-order valence-electron chi connectivity index (χ0n) is 14.8. The summed E-state index contributed by atoms with van der Waals surface area (Å²) in [5.41, 5.74) is 1.55. The van der Waals surface area contributed by atoms with Gasteiger partial charge in [0.15, 0.2) is 6.04 Å². The van der Waals surface area contributed by atoms with Crippen molar-refractivity contribution >= 4 is 11.9 Å². The Morgan fingerprint density at radius 2 is 1.92 bits per heavy atom. The molecule has 25 heavy (non-hydrogen) atoms. The number of amides is 1. The average Bonchev–Trinajstić information content (AvgIpc) is 2.92. The third-order valence-corrected chi connectivity index (χ3v) is 3.86. The van der Waals surface area contributed by atoms with Crippen LogP contribution in [0.5, 0.6) is 5.75 Å². The molecule has 2 aromatic rings. The van der Waals surface area contributed by atoms with Gasteiger partial charge in [-0.1, -0.05) is 26.0 Å². The first-order valence-corrected chi connectivity index (χ1v) is 8.03. The number of aromatic nitrogens is 2. The first-order chi connectivity index (χ1) is 11.8. The van der Waals surface area contributed by atoms with E-state index in [1.807, 2.05) is 0 Å². The summed E-state index contributed by atoms with van der Waals surface area (Å²) in [7, 11) is 1.53. The van der Waals surface area contributed by atoms with Crippen LogP contribution in [0.25, 0.3) is 0 Å². The van der Waals surface area contributed by atoms with E-state index in [-0.39, 0.29) is 0 Å². The SMILES string of the molecule is COc1ccc(C(NC(=O)c2cnn(CC(C)C)c2C)C(=O)O)cc1. The number of rotatable bonds is 7. The molecule has 7 heteroatoms. The number of benzene rings is 1. The first-order valence-electron chi connectivity index (χ1n) is 8.03. The summed E-state index contributed by atoms with van der Waals surface area (Å²) in [5.74, 6) is -0.591. The Morgan fingerprint density at radius 1 is 1.28 bits per heavy atom. The minimum Gasteiger partial charge on any atom is -0.497 e. The predicted molar refractivity (Wildman–Crippen MR) is 92.6 cm³/mol. The number of methoxy groups -OCH3 is 1. The number of carboxylic acids is 1. The molecule has 0 spiro atoms. The lowest BCUT2D eigenvalue weighted by atomic mass is 10.1. The van der Waals surface area contributed by atoms with Crippen molar-refractivity contribution < 1.29 is 19.4 Å². The molecule has 0 aliphatic heterocycles. The molecule has 0 saturated heterocycles. The summed E-state index contributed by atoms with van der Waals surface area (Å²) in [4.78, 5) is 24.1. The van der Waals surface area contributed by atoms with Crippen LogP contribution in [0.4, 0.5) is 0 Å². The highest BCUT2D eigenvalue weighted by molar-refractivity contribution is 5.97. The summed E-state index contributed by atoms with van der Waals surface area (Å²) >= 11 is 0. The zero-order valence-corrected chi connectivity index (χ0v) is 14.8. The Hall–Kier alpha value is -2.83. The molecular formula is C18H23N3O4. The lowest BCUT2D eigenvalue weighted by molar-refractivity contribution is -0.139. The van der Waals surface area contributed by atoms with E-state index in [9.17, 15) is 14.7 Å². The molecule has 0 aliphatic carbocycles. The van der Waals surface area contributed by atoms with E-state index in [1.165, 1.54) is 13.3 Å². The summed E-state index contributed by atoms with van der Waals surface area (Å²) in [5, 5.41) is 16.3. The number of nitrogens with zero attached hydrogens (tertiary/aromatic N) is 2. The van der Waals surface area contributed by atoms with E-state index in [1.54, 1.807) is 35.9 Å². The second kappa shape index (κ2) is 7.83. The van der Waals surface area contributed by atoms with E-state index in [0.29, 0.717) is 35.0 Å². The van der Waals surface area contributed by atoms with Crippen molar-refractivity contribution in [3.05, 3.63) is 47.3 Å². The molecule has 2 N–H and O–H groups in total. The normalized spacial score (nSPS) is 12.0. The van der Waals surface area contributed by atoms with Crippen LogP contribution in [0.1, 0.15) is 41.5 Å². The first kappa shape index (κ1) is 18.5. The van der Waals surface area contributed by atoms with Crippen molar-refractivity contribution in [1.82, 2.24) is 15.1 Å². The third kappa shape index (κ3) is 4.37. The molecule has 134 valence electrons. The van der Waals surface area contributed by atoms with Crippen molar-refractivity contribution in [2.75, 3.05) is 7.11 Å². The molecule has 0 saturated carbocycles. The second-order valence-electron chi connectivity index (χ2n) is 6.24. The summed E-state index contributed by atoms with van der Waals surface area (Å²) in [6.07, 6.45) is 1.47. The molecule has 1 unspecified atom stereocenters.